The normalized spacial score (nSPS) is 27.6. The monoisotopic (exact) mass is 468 g/mol. The fourth-order valence-electron chi connectivity index (χ4n) is 5.00. The molecule has 2 aromatic carbocycles. The number of aliphatic hydroxyl groups excluding tert-OH is 1. The summed E-state index contributed by atoms with van der Waals surface area (Å²) in [5.74, 6) is 0.0353. The standard InChI is InChI=1S/C27H36N2O5/c1-18-25(15-29-14-4-5-24(29)17-32-3)33-27(22-10-12-23(13-11-22)28-19(2)31)34-26(18)21-8-6-20(16-30)7-9-21/h6-13,18,24-27,30H,4-5,14-17H2,1-3H3,(H,28,31). The van der Waals surface area contributed by atoms with Crippen molar-refractivity contribution in [3.05, 3.63) is 65.2 Å². The Labute approximate surface area is 202 Å². The predicted molar refractivity (Wildman–Crippen MR) is 130 cm³/mol. The number of benzene rings is 2. The van der Waals surface area contributed by atoms with Crippen molar-refractivity contribution in [3.63, 3.8) is 0 Å². The van der Waals surface area contributed by atoms with Gasteiger partial charge in [0.05, 0.1) is 25.4 Å². The molecule has 2 fully saturated rings. The van der Waals surface area contributed by atoms with Crippen molar-refractivity contribution in [1.82, 2.24) is 4.90 Å². The molecule has 2 aliphatic rings. The Bertz CT molecular complexity index is 933. The van der Waals surface area contributed by atoms with Crippen molar-refractivity contribution >= 4 is 11.6 Å². The minimum absolute atomic E-state index is 0.0197. The zero-order valence-electron chi connectivity index (χ0n) is 20.3. The molecule has 0 radical (unpaired) electrons. The minimum atomic E-state index is -0.515. The summed E-state index contributed by atoms with van der Waals surface area (Å²) in [5, 5.41) is 12.2. The molecule has 2 aliphatic heterocycles. The van der Waals surface area contributed by atoms with Crippen LogP contribution in [0.1, 0.15) is 55.8 Å². The van der Waals surface area contributed by atoms with Crippen LogP contribution in [0.4, 0.5) is 5.69 Å². The van der Waals surface area contributed by atoms with Crippen molar-refractivity contribution in [2.24, 2.45) is 5.92 Å². The summed E-state index contributed by atoms with van der Waals surface area (Å²) in [7, 11) is 1.76. The largest absolute Gasteiger partial charge is 0.392 e. The molecule has 7 heteroatoms. The maximum atomic E-state index is 11.4. The van der Waals surface area contributed by atoms with Crippen LogP contribution in [0.2, 0.25) is 0 Å². The Kier molecular flexibility index (Phi) is 8.34. The number of methoxy groups -OCH3 is 1. The molecule has 2 N–H and O–H groups in total. The van der Waals surface area contributed by atoms with Gasteiger partial charge in [-0.15, -0.1) is 0 Å². The highest BCUT2D eigenvalue weighted by Crippen LogP contribution is 2.42. The Balaban J connectivity index is 1.57. The van der Waals surface area contributed by atoms with Gasteiger partial charge in [-0.05, 0) is 42.6 Å². The number of likely N-dealkylation sites (tertiary alicyclic amines) is 1. The molecule has 7 nitrogen and oxygen atoms in total. The zero-order chi connectivity index (χ0) is 24.1. The van der Waals surface area contributed by atoms with E-state index in [1.165, 1.54) is 13.3 Å². The molecule has 0 saturated carbocycles. The molecule has 2 saturated heterocycles. The number of carbonyl (C=O) groups excluding carboxylic acids is 1. The van der Waals surface area contributed by atoms with Gasteiger partial charge in [-0.2, -0.15) is 0 Å². The second-order valence-electron chi connectivity index (χ2n) is 9.37. The van der Waals surface area contributed by atoms with Gasteiger partial charge in [0.2, 0.25) is 5.91 Å². The van der Waals surface area contributed by atoms with E-state index >= 15 is 0 Å². The number of carbonyl (C=O) groups is 1. The van der Waals surface area contributed by atoms with Crippen LogP contribution in [0.15, 0.2) is 48.5 Å². The van der Waals surface area contributed by atoms with E-state index in [1.807, 2.05) is 48.5 Å². The van der Waals surface area contributed by atoms with Crippen LogP contribution in [-0.4, -0.2) is 54.9 Å². The Hall–Kier alpha value is -2.29. The molecule has 0 bridgehead atoms. The Morgan fingerprint density at radius 1 is 1.12 bits per heavy atom. The molecule has 2 heterocycles. The van der Waals surface area contributed by atoms with E-state index in [0.29, 0.717) is 6.04 Å². The third kappa shape index (κ3) is 5.85. The first-order chi connectivity index (χ1) is 16.5. The number of rotatable bonds is 8. The summed E-state index contributed by atoms with van der Waals surface area (Å²) in [4.78, 5) is 13.9. The van der Waals surface area contributed by atoms with Gasteiger partial charge in [0.25, 0.3) is 0 Å². The van der Waals surface area contributed by atoms with Crippen LogP contribution in [0.25, 0.3) is 0 Å². The number of nitrogens with one attached hydrogen (secondary N) is 1. The molecule has 1 amide bonds. The lowest BCUT2D eigenvalue weighted by molar-refractivity contribution is -0.276. The van der Waals surface area contributed by atoms with Crippen molar-refractivity contribution in [2.45, 2.75) is 57.8 Å². The predicted octanol–water partition coefficient (Wildman–Crippen LogP) is 4.04. The molecule has 5 unspecified atom stereocenters. The smallest absolute Gasteiger partial charge is 0.221 e. The number of hydrogen-bond acceptors (Lipinski definition) is 6. The molecule has 2 aromatic rings. The topological polar surface area (TPSA) is 80.3 Å². The lowest BCUT2D eigenvalue weighted by Gasteiger charge is -2.43. The minimum Gasteiger partial charge on any atom is -0.392 e. The number of ether oxygens (including phenoxy) is 3. The fraction of sp³-hybridized carbons (Fsp3) is 0.519. The average molecular weight is 469 g/mol. The summed E-state index contributed by atoms with van der Waals surface area (Å²) in [5.41, 5.74) is 3.61. The van der Waals surface area contributed by atoms with E-state index in [0.717, 1.165) is 48.5 Å². The van der Waals surface area contributed by atoms with Crippen LogP contribution >= 0.6 is 0 Å². The molecule has 4 rings (SSSR count). The summed E-state index contributed by atoms with van der Waals surface area (Å²) < 4.78 is 18.5. The molecule has 34 heavy (non-hydrogen) atoms. The van der Waals surface area contributed by atoms with Gasteiger partial charge in [-0.1, -0.05) is 43.3 Å². The Morgan fingerprint density at radius 2 is 1.82 bits per heavy atom. The van der Waals surface area contributed by atoms with E-state index in [2.05, 4.69) is 17.1 Å². The summed E-state index contributed by atoms with van der Waals surface area (Å²) in [6.07, 6.45) is 1.64. The first kappa shape index (κ1) is 24.8. The van der Waals surface area contributed by atoms with E-state index < -0.39 is 6.29 Å². The van der Waals surface area contributed by atoms with Gasteiger partial charge in [-0.3, -0.25) is 9.69 Å². The van der Waals surface area contributed by atoms with Crippen LogP contribution in [0.3, 0.4) is 0 Å². The third-order valence-electron chi connectivity index (χ3n) is 6.90. The van der Waals surface area contributed by atoms with Crippen LogP contribution in [0.5, 0.6) is 0 Å². The number of anilines is 1. The first-order valence-electron chi connectivity index (χ1n) is 12.1. The van der Waals surface area contributed by atoms with E-state index in [-0.39, 0.29) is 30.6 Å². The van der Waals surface area contributed by atoms with E-state index in [4.69, 9.17) is 14.2 Å². The lowest BCUT2D eigenvalue weighted by atomic mass is 9.90. The number of amides is 1. The second-order valence-corrected chi connectivity index (χ2v) is 9.37. The molecule has 0 aromatic heterocycles. The highest BCUT2D eigenvalue weighted by molar-refractivity contribution is 5.88. The maximum absolute atomic E-state index is 11.4. The van der Waals surface area contributed by atoms with Crippen LogP contribution in [0, 0.1) is 5.92 Å². The van der Waals surface area contributed by atoms with Gasteiger partial charge < -0.3 is 24.6 Å². The van der Waals surface area contributed by atoms with Crippen LogP contribution < -0.4 is 5.32 Å². The van der Waals surface area contributed by atoms with Gasteiger partial charge in [0.1, 0.15) is 0 Å². The number of aliphatic hydroxyl groups is 1. The molecular formula is C27H36N2O5. The maximum Gasteiger partial charge on any atom is 0.221 e. The fourth-order valence-corrected chi connectivity index (χ4v) is 5.00. The SMILES string of the molecule is COCC1CCCN1CC1OC(c2ccc(NC(C)=O)cc2)OC(c2ccc(CO)cc2)C1C. The van der Waals surface area contributed by atoms with Crippen LogP contribution in [-0.2, 0) is 25.6 Å². The molecule has 0 spiro atoms. The summed E-state index contributed by atoms with van der Waals surface area (Å²) in [6, 6.07) is 16.0. The molecule has 184 valence electrons. The van der Waals surface area contributed by atoms with Gasteiger partial charge in [0, 0.05) is 43.8 Å². The highest BCUT2D eigenvalue weighted by atomic mass is 16.7. The summed E-state index contributed by atoms with van der Waals surface area (Å²) in [6.45, 7) is 6.31. The van der Waals surface area contributed by atoms with Gasteiger partial charge in [-0.25, -0.2) is 0 Å². The van der Waals surface area contributed by atoms with E-state index in [1.54, 1.807) is 7.11 Å². The first-order valence-corrected chi connectivity index (χ1v) is 12.1. The molecule has 0 aliphatic carbocycles. The van der Waals surface area contributed by atoms with Crippen molar-refractivity contribution in [2.75, 3.05) is 32.1 Å². The van der Waals surface area contributed by atoms with Crippen molar-refractivity contribution in [3.8, 4) is 0 Å². The third-order valence-corrected chi connectivity index (χ3v) is 6.90. The molecular weight excluding hydrogens is 432 g/mol. The van der Waals surface area contributed by atoms with Gasteiger partial charge in [0.15, 0.2) is 6.29 Å². The zero-order valence-corrected chi connectivity index (χ0v) is 20.3. The lowest BCUT2D eigenvalue weighted by Crippen LogP contribution is -2.46. The highest BCUT2D eigenvalue weighted by Gasteiger charge is 2.40. The summed E-state index contributed by atoms with van der Waals surface area (Å²) >= 11 is 0. The average Bonchev–Trinajstić information content (AvgIpc) is 3.27. The van der Waals surface area contributed by atoms with Crippen molar-refractivity contribution < 1.29 is 24.1 Å². The quantitative estimate of drug-likeness (QED) is 0.609. The number of nitrogens with zero attached hydrogens (tertiary/aromatic N) is 1. The molecule has 5 atom stereocenters. The van der Waals surface area contributed by atoms with Crippen molar-refractivity contribution in [1.29, 1.82) is 0 Å². The van der Waals surface area contributed by atoms with Gasteiger partial charge >= 0.3 is 0 Å². The number of hydrogen-bond donors (Lipinski definition) is 2. The second kappa shape index (κ2) is 11.4. The van der Waals surface area contributed by atoms with E-state index in [9.17, 15) is 9.90 Å². The Morgan fingerprint density at radius 3 is 2.47 bits per heavy atom.